The zero-order chi connectivity index (χ0) is 17.4. The van der Waals surface area contributed by atoms with E-state index in [1.807, 2.05) is 23.1 Å². The van der Waals surface area contributed by atoms with Gasteiger partial charge in [-0.3, -0.25) is 4.79 Å². The van der Waals surface area contributed by atoms with Gasteiger partial charge in [-0.1, -0.05) is 24.3 Å². The van der Waals surface area contributed by atoms with Crippen LogP contribution in [0.1, 0.15) is 35.8 Å². The fourth-order valence-electron chi connectivity index (χ4n) is 3.58. The lowest BCUT2D eigenvalue weighted by Crippen LogP contribution is -2.32. The molecule has 25 heavy (non-hydrogen) atoms. The van der Waals surface area contributed by atoms with Crippen molar-refractivity contribution in [3.05, 3.63) is 59.4 Å². The molecule has 5 heteroatoms. The number of nitrogens with zero attached hydrogens (tertiary/aromatic N) is 2. The number of amides is 1. The molecular weight excluding hydrogens is 314 g/mol. The number of para-hydroxylation sites is 1. The summed E-state index contributed by atoms with van der Waals surface area (Å²) in [5.74, 6) is 1.05. The van der Waals surface area contributed by atoms with Crippen LogP contribution in [-0.4, -0.2) is 32.4 Å². The molecule has 4 rings (SSSR count). The molecule has 3 aromatic rings. The fraction of sp³-hybridized carbons (Fsp3) is 0.300. The summed E-state index contributed by atoms with van der Waals surface area (Å²) in [6.45, 7) is 2.78. The van der Waals surface area contributed by atoms with E-state index in [4.69, 9.17) is 4.98 Å². The fourth-order valence-corrected chi connectivity index (χ4v) is 3.58. The molecule has 0 saturated carbocycles. The highest BCUT2D eigenvalue weighted by Gasteiger charge is 2.32. The number of aromatic amines is 1. The van der Waals surface area contributed by atoms with Crippen LogP contribution >= 0.6 is 0 Å². The number of likely N-dealkylation sites (tertiary alicyclic amines) is 1. The molecule has 0 bridgehead atoms. The predicted molar refractivity (Wildman–Crippen MR) is 96.3 cm³/mol. The van der Waals surface area contributed by atoms with E-state index in [1.54, 1.807) is 18.2 Å². The molecular formula is C20H21N3O2. The van der Waals surface area contributed by atoms with E-state index >= 15 is 0 Å². The van der Waals surface area contributed by atoms with Gasteiger partial charge in [-0.25, -0.2) is 4.98 Å². The molecule has 1 fully saturated rings. The third kappa shape index (κ3) is 2.97. The van der Waals surface area contributed by atoms with Gasteiger partial charge in [0.05, 0.1) is 23.5 Å². The molecule has 1 aliphatic heterocycles. The molecule has 0 spiro atoms. The number of aromatic nitrogens is 2. The highest BCUT2D eigenvalue weighted by Crippen LogP contribution is 2.32. The number of H-pyrrole nitrogens is 1. The number of imidazole rings is 1. The van der Waals surface area contributed by atoms with Crippen molar-refractivity contribution in [2.24, 2.45) is 0 Å². The van der Waals surface area contributed by atoms with E-state index in [0.717, 1.165) is 36.2 Å². The summed E-state index contributed by atoms with van der Waals surface area (Å²) in [5, 5.41) is 9.92. The lowest BCUT2D eigenvalue weighted by Gasteiger charge is -2.23. The molecule has 1 saturated heterocycles. The summed E-state index contributed by atoms with van der Waals surface area (Å²) in [5.41, 5.74) is 3.79. The molecule has 2 N–H and O–H groups in total. The van der Waals surface area contributed by atoms with E-state index in [2.05, 4.69) is 18.0 Å². The largest absolute Gasteiger partial charge is 0.508 e. The van der Waals surface area contributed by atoms with Crippen LogP contribution in [0.15, 0.2) is 42.5 Å². The molecule has 1 unspecified atom stereocenters. The summed E-state index contributed by atoms with van der Waals surface area (Å²) in [4.78, 5) is 22.8. The minimum atomic E-state index is -0.0222. The van der Waals surface area contributed by atoms with Crippen molar-refractivity contribution >= 4 is 16.9 Å². The van der Waals surface area contributed by atoms with Crippen molar-refractivity contribution in [1.29, 1.82) is 0 Å². The van der Waals surface area contributed by atoms with Gasteiger partial charge in [-0.15, -0.1) is 0 Å². The lowest BCUT2D eigenvalue weighted by molar-refractivity contribution is -0.131. The van der Waals surface area contributed by atoms with E-state index in [-0.39, 0.29) is 24.1 Å². The van der Waals surface area contributed by atoms with Gasteiger partial charge in [0.15, 0.2) is 0 Å². The normalized spacial score (nSPS) is 17.3. The standard InChI is InChI=1S/C20H21N3O2/c1-13-8-9-15-16(11-13)22-20(21-15)17-6-4-10-23(17)19(25)12-14-5-2-3-7-18(14)24/h2-3,5,7-9,11,17,24H,4,6,10,12H2,1H3,(H,21,22). The van der Waals surface area contributed by atoms with Crippen LogP contribution in [0.3, 0.4) is 0 Å². The number of hydrogen-bond donors (Lipinski definition) is 2. The van der Waals surface area contributed by atoms with Crippen molar-refractivity contribution in [2.45, 2.75) is 32.2 Å². The summed E-state index contributed by atoms with van der Waals surface area (Å²) < 4.78 is 0. The van der Waals surface area contributed by atoms with E-state index in [1.165, 1.54) is 5.56 Å². The molecule has 1 aromatic heterocycles. The van der Waals surface area contributed by atoms with Gasteiger partial charge in [0.2, 0.25) is 5.91 Å². The highest BCUT2D eigenvalue weighted by atomic mass is 16.3. The topological polar surface area (TPSA) is 69.2 Å². The summed E-state index contributed by atoms with van der Waals surface area (Å²) in [7, 11) is 0. The van der Waals surface area contributed by atoms with Crippen LogP contribution < -0.4 is 0 Å². The molecule has 0 radical (unpaired) electrons. The Balaban J connectivity index is 1.59. The number of fused-ring (bicyclic) bond motifs is 1. The second-order valence-corrected chi connectivity index (χ2v) is 6.69. The quantitative estimate of drug-likeness (QED) is 0.770. The minimum absolute atomic E-state index is 0.0222. The average molecular weight is 335 g/mol. The predicted octanol–water partition coefficient (Wildman–Crippen LogP) is 3.48. The second-order valence-electron chi connectivity index (χ2n) is 6.69. The third-order valence-electron chi connectivity index (χ3n) is 4.88. The van der Waals surface area contributed by atoms with Crippen LogP contribution in [0.5, 0.6) is 5.75 Å². The summed E-state index contributed by atoms with van der Waals surface area (Å²) in [6, 6.07) is 13.1. The number of carbonyl (C=O) groups excluding carboxylic acids is 1. The lowest BCUT2D eigenvalue weighted by atomic mass is 10.1. The number of nitrogens with one attached hydrogen (secondary N) is 1. The third-order valence-corrected chi connectivity index (χ3v) is 4.88. The van der Waals surface area contributed by atoms with Gasteiger partial charge in [0.1, 0.15) is 11.6 Å². The highest BCUT2D eigenvalue weighted by molar-refractivity contribution is 5.80. The Bertz CT molecular complexity index is 932. The van der Waals surface area contributed by atoms with Crippen LogP contribution in [-0.2, 0) is 11.2 Å². The molecule has 1 atom stereocenters. The Kier molecular flexibility index (Phi) is 3.92. The Morgan fingerprint density at radius 1 is 1.32 bits per heavy atom. The average Bonchev–Trinajstić information content (AvgIpc) is 3.22. The number of aromatic hydroxyl groups is 1. The number of rotatable bonds is 3. The molecule has 2 aromatic carbocycles. The van der Waals surface area contributed by atoms with Crippen molar-refractivity contribution in [3.8, 4) is 5.75 Å². The maximum Gasteiger partial charge on any atom is 0.227 e. The monoisotopic (exact) mass is 335 g/mol. The Morgan fingerprint density at radius 2 is 2.16 bits per heavy atom. The maximum absolute atomic E-state index is 12.8. The van der Waals surface area contributed by atoms with Crippen molar-refractivity contribution in [1.82, 2.24) is 14.9 Å². The first-order valence-corrected chi connectivity index (χ1v) is 8.64. The molecule has 5 nitrogen and oxygen atoms in total. The smallest absolute Gasteiger partial charge is 0.227 e. The summed E-state index contributed by atoms with van der Waals surface area (Å²) >= 11 is 0. The van der Waals surface area contributed by atoms with Gasteiger partial charge in [-0.2, -0.15) is 0 Å². The van der Waals surface area contributed by atoms with Crippen molar-refractivity contribution < 1.29 is 9.90 Å². The first kappa shape index (κ1) is 15.7. The number of benzene rings is 2. The van der Waals surface area contributed by atoms with Crippen LogP contribution in [0.25, 0.3) is 11.0 Å². The van der Waals surface area contributed by atoms with Gasteiger partial charge in [-0.05, 0) is 43.5 Å². The Hall–Kier alpha value is -2.82. The number of hydrogen-bond acceptors (Lipinski definition) is 3. The zero-order valence-electron chi connectivity index (χ0n) is 14.2. The number of phenols is 1. The van der Waals surface area contributed by atoms with E-state index < -0.39 is 0 Å². The van der Waals surface area contributed by atoms with Gasteiger partial charge < -0.3 is 15.0 Å². The molecule has 128 valence electrons. The van der Waals surface area contributed by atoms with Gasteiger partial charge in [0, 0.05) is 12.1 Å². The SMILES string of the molecule is Cc1ccc2nc(C3CCCN3C(=O)Cc3ccccc3O)[nH]c2c1. The zero-order valence-corrected chi connectivity index (χ0v) is 14.2. The van der Waals surface area contributed by atoms with Crippen LogP contribution in [0.4, 0.5) is 0 Å². The number of phenolic OH excluding ortho intramolecular Hbond substituents is 1. The molecule has 1 aliphatic rings. The Labute approximate surface area is 146 Å². The van der Waals surface area contributed by atoms with Crippen LogP contribution in [0, 0.1) is 6.92 Å². The first-order chi connectivity index (χ1) is 12.1. The maximum atomic E-state index is 12.8. The van der Waals surface area contributed by atoms with Gasteiger partial charge in [0.25, 0.3) is 0 Å². The molecule has 0 aliphatic carbocycles. The minimum Gasteiger partial charge on any atom is -0.508 e. The van der Waals surface area contributed by atoms with Crippen molar-refractivity contribution in [2.75, 3.05) is 6.54 Å². The van der Waals surface area contributed by atoms with Gasteiger partial charge >= 0.3 is 0 Å². The number of aryl methyl sites for hydroxylation is 1. The summed E-state index contributed by atoms with van der Waals surface area (Å²) in [6.07, 6.45) is 2.08. The molecule has 2 heterocycles. The van der Waals surface area contributed by atoms with Crippen molar-refractivity contribution in [3.63, 3.8) is 0 Å². The second kappa shape index (κ2) is 6.24. The number of carbonyl (C=O) groups is 1. The molecule has 1 amide bonds. The first-order valence-electron chi connectivity index (χ1n) is 8.64. The van der Waals surface area contributed by atoms with Crippen LogP contribution in [0.2, 0.25) is 0 Å². The van der Waals surface area contributed by atoms with E-state index in [9.17, 15) is 9.90 Å². The van der Waals surface area contributed by atoms with E-state index in [0.29, 0.717) is 5.56 Å². The Morgan fingerprint density at radius 3 is 3.00 bits per heavy atom.